The fraction of sp³-hybridized carbons (Fsp3) is 0.0833. The summed E-state index contributed by atoms with van der Waals surface area (Å²) in [7, 11) is 0. The van der Waals surface area contributed by atoms with Crippen LogP contribution in [-0.2, 0) is 11.4 Å². The summed E-state index contributed by atoms with van der Waals surface area (Å²) in [6.45, 7) is 2.01. The van der Waals surface area contributed by atoms with Gasteiger partial charge in [0.1, 0.15) is 12.4 Å². The van der Waals surface area contributed by atoms with E-state index in [1.54, 1.807) is 36.4 Å². The van der Waals surface area contributed by atoms with Crippen molar-refractivity contribution in [1.29, 1.82) is 0 Å². The molecule has 10 heteroatoms. The molecule has 34 heavy (non-hydrogen) atoms. The average molecular weight is 559 g/mol. The lowest BCUT2D eigenvalue weighted by Crippen LogP contribution is -2.19. The highest BCUT2D eigenvalue weighted by Crippen LogP contribution is 2.33. The Labute approximate surface area is 213 Å². The number of carbonyl (C=O) groups excluding carboxylic acids is 1. The van der Waals surface area contributed by atoms with Gasteiger partial charge in [0.2, 0.25) is 0 Å². The maximum Gasteiger partial charge on any atom is 0.269 e. The summed E-state index contributed by atoms with van der Waals surface area (Å²) in [5.74, 6) is 0.264. The second kappa shape index (κ2) is 10.4. The normalized spacial score (nSPS) is 15.6. The maximum absolute atomic E-state index is 12.6. The standard InChI is InChI=1S/C24H17BrClN3O4S/c1-14-19(26)6-3-7-20(14)27-24-28-23(30)22(34-24)12-16-11-17(25)8-9-21(16)33-13-15-4-2-5-18(10-15)29(31)32/h2-12H,13H2,1H3,(H,27,28,30)/b22-12+. The molecule has 0 unspecified atom stereocenters. The molecule has 0 bridgehead atoms. The number of nitrogens with one attached hydrogen (secondary N) is 1. The minimum Gasteiger partial charge on any atom is -0.488 e. The lowest BCUT2D eigenvalue weighted by molar-refractivity contribution is -0.384. The summed E-state index contributed by atoms with van der Waals surface area (Å²) in [6.07, 6.45) is 1.72. The van der Waals surface area contributed by atoms with Crippen molar-refractivity contribution in [3.63, 3.8) is 0 Å². The number of halogens is 2. The Kier molecular flexibility index (Phi) is 7.35. The molecule has 0 radical (unpaired) electrons. The summed E-state index contributed by atoms with van der Waals surface area (Å²) >= 11 is 10.8. The number of nitro benzene ring substituents is 1. The van der Waals surface area contributed by atoms with E-state index in [2.05, 4.69) is 26.2 Å². The van der Waals surface area contributed by atoms with E-state index in [9.17, 15) is 14.9 Å². The van der Waals surface area contributed by atoms with Crippen LogP contribution >= 0.6 is 39.3 Å². The lowest BCUT2D eigenvalue weighted by atomic mass is 10.1. The first-order valence-electron chi connectivity index (χ1n) is 10.0. The Hall–Kier alpha value is -3.14. The van der Waals surface area contributed by atoms with E-state index < -0.39 is 4.92 Å². The van der Waals surface area contributed by atoms with Gasteiger partial charge >= 0.3 is 0 Å². The quantitative estimate of drug-likeness (QED) is 0.204. The Morgan fingerprint density at radius 2 is 2.00 bits per heavy atom. The van der Waals surface area contributed by atoms with Gasteiger partial charge in [-0.15, -0.1) is 0 Å². The Balaban J connectivity index is 1.57. The van der Waals surface area contributed by atoms with Gasteiger partial charge in [-0.2, -0.15) is 0 Å². The SMILES string of the molecule is Cc1c(Cl)cccc1N=C1NC(=O)/C(=C\c2cc(Br)ccc2OCc2cccc([N+](=O)[O-])c2)S1. The summed E-state index contributed by atoms with van der Waals surface area (Å²) in [4.78, 5) is 28.1. The van der Waals surface area contributed by atoms with Crippen molar-refractivity contribution in [2.24, 2.45) is 4.99 Å². The van der Waals surface area contributed by atoms with E-state index in [1.165, 1.54) is 23.9 Å². The fourth-order valence-corrected chi connectivity index (χ4v) is 4.51. The van der Waals surface area contributed by atoms with Gasteiger partial charge in [0.05, 0.1) is 15.5 Å². The lowest BCUT2D eigenvalue weighted by Gasteiger charge is -2.10. The van der Waals surface area contributed by atoms with Crippen molar-refractivity contribution in [3.8, 4) is 5.75 Å². The van der Waals surface area contributed by atoms with Gasteiger partial charge in [-0.1, -0.05) is 45.7 Å². The molecule has 1 N–H and O–H groups in total. The van der Waals surface area contributed by atoms with Crippen LogP contribution in [0.15, 0.2) is 75.0 Å². The largest absolute Gasteiger partial charge is 0.488 e. The average Bonchev–Trinajstić information content (AvgIpc) is 3.15. The van der Waals surface area contributed by atoms with Crippen LogP contribution in [0.4, 0.5) is 11.4 Å². The molecule has 0 saturated carbocycles. The van der Waals surface area contributed by atoms with E-state index in [0.29, 0.717) is 37.7 Å². The van der Waals surface area contributed by atoms with Crippen molar-refractivity contribution >= 4 is 67.8 Å². The van der Waals surface area contributed by atoms with Crippen LogP contribution in [0.5, 0.6) is 5.75 Å². The number of non-ortho nitro benzene ring substituents is 1. The summed E-state index contributed by atoms with van der Waals surface area (Å²) in [6, 6.07) is 17.1. The van der Waals surface area contributed by atoms with E-state index in [0.717, 1.165) is 10.0 Å². The third-order valence-corrected chi connectivity index (χ3v) is 6.70. The van der Waals surface area contributed by atoms with Crippen LogP contribution in [0.25, 0.3) is 6.08 Å². The van der Waals surface area contributed by atoms with E-state index in [1.807, 2.05) is 25.1 Å². The van der Waals surface area contributed by atoms with Crippen molar-refractivity contribution < 1.29 is 14.5 Å². The Bertz CT molecular complexity index is 1360. The monoisotopic (exact) mass is 557 g/mol. The number of amidine groups is 1. The zero-order valence-electron chi connectivity index (χ0n) is 17.7. The van der Waals surface area contributed by atoms with E-state index >= 15 is 0 Å². The first-order chi connectivity index (χ1) is 16.3. The molecule has 4 rings (SSSR count). The highest BCUT2D eigenvalue weighted by molar-refractivity contribution is 9.10. The number of nitro groups is 1. The molecule has 0 spiro atoms. The predicted octanol–water partition coefficient (Wildman–Crippen LogP) is 6.79. The maximum atomic E-state index is 12.6. The second-order valence-corrected chi connectivity index (χ2v) is 9.62. The fourth-order valence-electron chi connectivity index (χ4n) is 3.13. The molecule has 0 atom stereocenters. The number of benzene rings is 3. The molecular formula is C24H17BrClN3O4S. The molecule has 0 aromatic heterocycles. The van der Waals surface area contributed by atoms with Gasteiger partial charge in [-0.25, -0.2) is 4.99 Å². The smallest absolute Gasteiger partial charge is 0.269 e. The first-order valence-corrected chi connectivity index (χ1v) is 12.0. The minimum atomic E-state index is -0.446. The molecule has 3 aromatic carbocycles. The molecule has 1 saturated heterocycles. The molecule has 172 valence electrons. The zero-order valence-corrected chi connectivity index (χ0v) is 20.9. The summed E-state index contributed by atoms with van der Waals surface area (Å²) in [5, 5.41) is 14.8. The molecule has 1 amide bonds. The number of hydrogen-bond acceptors (Lipinski definition) is 6. The van der Waals surface area contributed by atoms with Crippen LogP contribution in [0.3, 0.4) is 0 Å². The van der Waals surface area contributed by atoms with Gasteiger partial charge in [0.25, 0.3) is 11.6 Å². The van der Waals surface area contributed by atoms with Crippen molar-refractivity contribution in [1.82, 2.24) is 5.32 Å². The van der Waals surface area contributed by atoms with Crippen molar-refractivity contribution in [2.45, 2.75) is 13.5 Å². The number of thioether (sulfide) groups is 1. The number of carbonyl (C=O) groups is 1. The second-order valence-electron chi connectivity index (χ2n) is 7.26. The van der Waals surface area contributed by atoms with Crippen LogP contribution in [0.1, 0.15) is 16.7 Å². The Morgan fingerprint density at radius 3 is 2.79 bits per heavy atom. The molecule has 1 aliphatic rings. The zero-order chi connectivity index (χ0) is 24.2. The third-order valence-electron chi connectivity index (χ3n) is 4.89. The molecule has 7 nitrogen and oxygen atoms in total. The number of amides is 1. The van der Waals surface area contributed by atoms with Crippen molar-refractivity contribution in [3.05, 3.63) is 102 Å². The molecule has 1 fully saturated rings. The number of nitrogens with zero attached hydrogens (tertiary/aromatic N) is 2. The van der Waals surface area contributed by atoms with Crippen LogP contribution < -0.4 is 10.1 Å². The third kappa shape index (κ3) is 5.67. The van der Waals surface area contributed by atoms with Gasteiger partial charge < -0.3 is 10.1 Å². The number of aliphatic imine (C=N–C) groups is 1. The molecule has 0 aliphatic carbocycles. The van der Waals surface area contributed by atoms with Crippen molar-refractivity contribution in [2.75, 3.05) is 0 Å². The first kappa shape index (κ1) is 24.0. The van der Waals surface area contributed by atoms with Gasteiger partial charge in [0.15, 0.2) is 5.17 Å². The van der Waals surface area contributed by atoms with Crippen LogP contribution in [0.2, 0.25) is 5.02 Å². The highest BCUT2D eigenvalue weighted by Gasteiger charge is 2.24. The van der Waals surface area contributed by atoms with E-state index in [4.69, 9.17) is 16.3 Å². The van der Waals surface area contributed by atoms with Gasteiger partial charge in [-0.05, 0) is 66.2 Å². The predicted molar refractivity (Wildman–Crippen MR) is 139 cm³/mol. The highest BCUT2D eigenvalue weighted by atomic mass is 79.9. The minimum absolute atomic E-state index is 0.0000289. The summed E-state index contributed by atoms with van der Waals surface area (Å²) in [5.41, 5.74) is 2.85. The number of ether oxygens (including phenoxy) is 1. The molecular weight excluding hydrogens is 542 g/mol. The van der Waals surface area contributed by atoms with Gasteiger partial charge in [0, 0.05) is 27.2 Å². The summed E-state index contributed by atoms with van der Waals surface area (Å²) < 4.78 is 6.75. The Morgan fingerprint density at radius 1 is 1.21 bits per heavy atom. The molecule has 1 aliphatic heterocycles. The van der Waals surface area contributed by atoms with Crippen LogP contribution in [0, 0.1) is 17.0 Å². The topological polar surface area (TPSA) is 93.8 Å². The molecule has 1 heterocycles. The van der Waals surface area contributed by atoms with E-state index in [-0.39, 0.29) is 18.2 Å². The van der Waals surface area contributed by atoms with Crippen LogP contribution in [-0.4, -0.2) is 16.0 Å². The van der Waals surface area contributed by atoms with Gasteiger partial charge in [-0.3, -0.25) is 14.9 Å². The number of hydrogen-bond donors (Lipinski definition) is 1. The number of rotatable bonds is 6. The molecule has 3 aromatic rings.